The zero-order valence-corrected chi connectivity index (χ0v) is 29.8. The van der Waals surface area contributed by atoms with Gasteiger partial charge in [0.1, 0.15) is 5.52 Å². The molecule has 0 bridgehead atoms. The summed E-state index contributed by atoms with van der Waals surface area (Å²) in [7, 11) is 0. The second-order valence-corrected chi connectivity index (χ2v) is 25.0. The van der Waals surface area contributed by atoms with Gasteiger partial charge in [-0.15, -0.1) is 0 Å². The van der Waals surface area contributed by atoms with E-state index in [4.69, 9.17) is 32.0 Å². The van der Waals surface area contributed by atoms with E-state index in [0.29, 0.717) is 33.4 Å². The Balaban J connectivity index is 0.000000202. The van der Waals surface area contributed by atoms with Gasteiger partial charge >= 0.3 is 117 Å². The van der Waals surface area contributed by atoms with Crippen molar-refractivity contribution in [2.45, 2.75) is 85.6 Å². The summed E-state index contributed by atoms with van der Waals surface area (Å²) >= 11 is 10.1. The molecule has 4 heterocycles. The first kappa shape index (κ1) is 33.1. The number of halogens is 2. The monoisotopic (exact) mass is 721 g/mol. The van der Waals surface area contributed by atoms with Crippen LogP contribution in [0.25, 0.3) is 22.4 Å². The van der Waals surface area contributed by atoms with Crippen LogP contribution in [0.4, 0.5) is 6.01 Å². The van der Waals surface area contributed by atoms with Crippen molar-refractivity contribution in [1.29, 1.82) is 0 Å². The van der Waals surface area contributed by atoms with Crippen LogP contribution in [0, 0.1) is 0 Å². The quantitative estimate of drug-likeness (QED) is 0.147. The zero-order valence-electron chi connectivity index (χ0n) is 25.5. The van der Waals surface area contributed by atoms with Crippen molar-refractivity contribution in [2.24, 2.45) is 0 Å². The summed E-state index contributed by atoms with van der Waals surface area (Å²) in [5, 5.41) is 4.57. The molecule has 1 atom stereocenters. The number of hydrogen-bond acceptors (Lipinski definition) is 7. The molecule has 1 N–H and O–H groups in total. The molecule has 0 spiro atoms. The van der Waals surface area contributed by atoms with Gasteiger partial charge in [-0.2, -0.15) is 4.98 Å². The maximum absolute atomic E-state index is 6.27. The van der Waals surface area contributed by atoms with Crippen molar-refractivity contribution >= 4 is 62.6 Å². The standard InChI is InChI=1S/C17H16Cl2N4O.3C4H9.C3H2NO.Sn/c1-10-9-20-4-5-23(10)17-22-15-8-12(19)6-13(16(15)24-17)14-7-11(18)2-3-21-14;3*1-3-4-2;1-2-5-3-4-1;/h2-3,6-8,10,20H,4-5,9H2,1H3;3*1,3-4H2,2H3;1-2H;. The van der Waals surface area contributed by atoms with Crippen LogP contribution in [0.1, 0.15) is 66.2 Å². The number of rotatable bonds is 12. The fourth-order valence-electron chi connectivity index (χ4n) is 5.70. The fraction of sp³-hybridized carbons (Fsp3) is 0.531. The van der Waals surface area contributed by atoms with Crippen LogP contribution < -0.4 is 14.1 Å². The van der Waals surface area contributed by atoms with E-state index in [0.717, 1.165) is 30.7 Å². The van der Waals surface area contributed by atoms with Crippen LogP contribution in [0.3, 0.4) is 0 Å². The maximum atomic E-state index is 6.27. The average Bonchev–Trinajstić information content (AvgIpc) is 3.68. The summed E-state index contributed by atoms with van der Waals surface area (Å²) in [5.41, 5.74) is 2.91. The molecule has 5 rings (SSSR count). The van der Waals surface area contributed by atoms with E-state index >= 15 is 0 Å². The van der Waals surface area contributed by atoms with E-state index in [1.807, 2.05) is 18.3 Å². The third kappa shape index (κ3) is 8.42. The van der Waals surface area contributed by atoms with Gasteiger partial charge in [0, 0.05) is 47.5 Å². The van der Waals surface area contributed by atoms with Gasteiger partial charge in [-0.3, -0.25) is 4.98 Å². The number of oxazole rings is 2. The van der Waals surface area contributed by atoms with Gasteiger partial charge < -0.3 is 14.6 Å². The van der Waals surface area contributed by atoms with E-state index in [9.17, 15) is 0 Å². The normalized spacial score (nSPS) is 15.6. The Morgan fingerprint density at radius 2 is 1.67 bits per heavy atom. The van der Waals surface area contributed by atoms with E-state index in [1.54, 1.807) is 24.6 Å². The van der Waals surface area contributed by atoms with Crippen LogP contribution in [0.2, 0.25) is 23.4 Å². The molecular formula is C32H45Cl2N5O2Sn. The first-order chi connectivity index (χ1) is 20.4. The minimum atomic E-state index is -2.31. The van der Waals surface area contributed by atoms with Crippen molar-refractivity contribution < 1.29 is 8.83 Å². The predicted octanol–water partition coefficient (Wildman–Crippen LogP) is 8.73. The number of aromatic nitrogens is 3. The summed E-state index contributed by atoms with van der Waals surface area (Å²) in [6, 6.07) is 8.10. The van der Waals surface area contributed by atoms with Crippen molar-refractivity contribution in [2.75, 3.05) is 24.5 Å². The van der Waals surface area contributed by atoms with E-state index < -0.39 is 18.4 Å². The topological polar surface area (TPSA) is 80.2 Å². The molecule has 1 unspecified atom stereocenters. The number of nitrogens with zero attached hydrogens (tertiary/aromatic N) is 4. The molecule has 0 saturated carbocycles. The third-order valence-corrected chi connectivity index (χ3v) is 23.1. The van der Waals surface area contributed by atoms with Crippen molar-refractivity contribution in [3.8, 4) is 11.3 Å². The summed E-state index contributed by atoms with van der Waals surface area (Å²) < 4.78 is 17.4. The average molecular weight is 721 g/mol. The Hall–Kier alpha value is -1.81. The molecule has 3 aromatic heterocycles. The number of nitrogens with one attached hydrogen (secondary N) is 1. The molecule has 0 amide bonds. The summed E-state index contributed by atoms with van der Waals surface area (Å²) in [6.45, 7) is 11.7. The molecule has 10 heteroatoms. The Morgan fingerprint density at radius 3 is 2.26 bits per heavy atom. The van der Waals surface area contributed by atoms with Gasteiger partial charge in [0.25, 0.3) is 6.01 Å². The molecule has 1 aromatic carbocycles. The van der Waals surface area contributed by atoms with Crippen LogP contribution in [-0.4, -0.2) is 59.0 Å². The molecule has 1 fully saturated rings. The molecule has 1 aliphatic rings. The van der Waals surface area contributed by atoms with Gasteiger partial charge in [-0.25, -0.2) is 0 Å². The summed E-state index contributed by atoms with van der Waals surface area (Å²) in [6.07, 6.45) is 13.3. The van der Waals surface area contributed by atoms with Crippen LogP contribution >= 0.6 is 23.2 Å². The number of pyridine rings is 1. The number of unbranched alkanes of at least 4 members (excludes halogenated alkanes) is 3. The summed E-state index contributed by atoms with van der Waals surface area (Å²) in [5.74, 6) is 0. The third-order valence-electron chi connectivity index (χ3n) is 8.10. The molecule has 0 radical (unpaired) electrons. The minimum absolute atomic E-state index is 0.315. The van der Waals surface area contributed by atoms with Gasteiger partial charge in [-0.05, 0) is 31.2 Å². The Kier molecular flexibility index (Phi) is 12.9. The van der Waals surface area contributed by atoms with Gasteiger partial charge in [0.05, 0.1) is 5.69 Å². The zero-order chi connectivity index (χ0) is 30.0. The Labute approximate surface area is 264 Å². The SMILES string of the molecule is CC1CNCCN1c1nc2cc(Cl)cc(-c3cc(Cl)ccn3)c2o1.CCC[CH2][Sn]([CH2]CCC)([CH2]CCC)[c]1ncco1. The van der Waals surface area contributed by atoms with E-state index in [2.05, 4.69) is 52.9 Å². The molecule has 1 aliphatic heterocycles. The van der Waals surface area contributed by atoms with Crippen LogP contribution in [0.5, 0.6) is 0 Å². The number of piperazine rings is 1. The first-order valence-electron chi connectivity index (χ1n) is 15.5. The number of benzene rings is 1. The molecule has 42 heavy (non-hydrogen) atoms. The number of hydrogen-bond donors (Lipinski definition) is 1. The molecule has 4 aromatic rings. The van der Waals surface area contributed by atoms with Crippen molar-refractivity contribution in [3.63, 3.8) is 0 Å². The second-order valence-electron chi connectivity index (χ2n) is 11.3. The Morgan fingerprint density at radius 1 is 0.952 bits per heavy atom. The fourth-order valence-corrected chi connectivity index (χ4v) is 20.8. The molecular weight excluding hydrogens is 676 g/mol. The molecule has 7 nitrogen and oxygen atoms in total. The van der Waals surface area contributed by atoms with Crippen molar-refractivity contribution in [1.82, 2.24) is 20.3 Å². The summed E-state index contributed by atoms with van der Waals surface area (Å²) in [4.78, 5) is 15.8. The number of fused-ring (bicyclic) bond motifs is 1. The predicted molar refractivity (Wildman–Crippen MR) is 178 cm³/mol. The van der Waals surface area contributed by atoms with E-state index in [-0.39, 0.29) is 0 Å². The number of anilines is 1. The first-order valence-corrected chi connectivity index (χ1v) is 23.7. The Bertz CT molecular complexity index is 1360. The molecule has 1 saturated heterocycles. The van der Waals surface area contributed by atoms with Crippen LogP contribution in [-0.2, 0) is 0 Å². The molecule has 228 valence electrons. The van der Waals surface area contributed by atoms with Gasteiger partial charge in [0.15, 0.2) is 5.58 Å². The molecule has 0 aliphatic carbocycles. The second kappa shape index (κ2) is 16.3. The van der Waals surface area contributed by atoms with Gasteiger partial charge in [0.2, 0.25) is 0 Å². The van der Waals surface area contributed by atoms with Crippen LogP contribution in [0.15, 0.2) is 51.8 Å². The van der Waals surface area contributed by atoms with Gasteiger partial charge in [-0.1, -0.05) is 23.2 Å². The van der Waals surface area contributed by atoms with Crippen molar-refractivity contribution in [3.05, 3.63) is 53.0 Å². The van der Waals surface area contributed by atoms with E-state index in [1.165, 1.54) is 55.7 Å².